The van der Waals surface area contributed by atoms with Crippen molar-refractivity contribution in [2.75, 3.05) is 11.9 Å². The first-order valence-corrected chi connectivity index (χ1v) is 10.8. The van der Waals surface area contributed by atoms with Crippen LogP contribution in [0.25, 0.3) is 11.1 Å². The number of amides is 2. The summed E-state index contributed by atoms with van der Waals surface area (Å²) in [5.74, 6) is -2.95. The predicted molar refractivity (Wildman–Crippen MR) is 124 cm³/mol. The molecule has 0 aliphatic heterocycles. The Morgan fingerprint density at radius 2 is 1.59 bits per heavy atom. The molecular formula is C26H23FN2O5. The maximum absolute atomic E-state index is 14.0. The SMILES string of the molecule is CC(CC(=O)Nc1c(F)cccc1C(=O)O)NC(=O)OCC1c2ccccc2-c2ccccc21. The van der Waals surface area contributed by atoms with Gasteiger partial charge in [-0.1, -0.05) is 54.6 Å². The van der Waals surface area contributed by atoms with Gasteiger partial charge in [-0.2, -0.15) is 0 Å². The number of hydrogen-bond acceptors (Lipinski definition) is 4. The first-order chi connectivity index (χ1) is 16.3. The van der Waals surface area contributed by atoms with Crippen molar-refractivity contribution in [1.29, 1.82) is 0 Å². The van der Waals surface area contributed by atoms with Crippen molar-refractivity contribution < 1.29 is 28.6 Å². The van der Waals surface area contributed by atoms with Crippen molar-refractivity contribution in [2.24, 2.45) is 0 Å². The number of halogens is 1. The number of ether oxygens (including phenoxy) is 1. The molecule has 34 heavy (non-hydrogen) atoms. The fourth-order valence-corrected chi connectivity index (χ4v) is 4.19. The van der Waals surface area contributed by atoms with Gasteiger partial charge in [0.1, 0.15) is 12.4 Å². The van der Waals surface area contributed by atoms with Crippen LogP contribution >= 0.6 is 0 Å². The number of carboxylic acids is 1. The third-order valence-electron chi connectivity index (χ3n) is 5.71. The van der Waals surface area contributed by atoms with Crippen molar-refractivity contribution in [3.8, 4) is 11.1 Å². The van der Waals surface area contributed by atoms with Crippen molar-refractivity contribution in [3.05, 3.63) is 89.2 Å². The topological polar surface area (TPSA) is 105 Å². The van der Waals surface area contributed by atoms with E-state index in [1.54, 1.807) is 6.92 Å². The van der Waals surface area contributed by atoms with Crippen LogP contribution in [0.15, 0.2) is 66.7 Å². The third kappa shape index (κ3) is 4.76. The molecule has 7 nitrogen and oxygen atoms in total. The number of benzene rings is 3. The highest BCUT2D eigenvalue weighted by atomic mass is 19.1. The van der Waals surface area contributed by atoms with Crippen molar-refractivity contribution >= 4 is 23.7 Å². The van der Waals surface area contributed by atoms with Crippen LogP contribution < -0.4 is 10.6 Å². The van der Waals surface area contributed by atoms with Crippen LogP contribution in [0.3, 0.4) is 0 Å². The molecular weight excluding hydrogens is 439 g/mol. The lowest BCUT2D eigenvalue weighted by Gasteiger charge is -2.17. The van der Waals surface area contributed by atoms with E-state index in [1.807, 2.05) is 48.5 Å². The average Bonchev–Trinajstić information content (AvgIpc) is 3.12. The third-order valence-corrected chi connectivity index (χ3v) is 5.71. The Bertz CT molecular complexity index is 1210. The Kier molecular flexibility index (Phi) is 6.58. The lowest BCUT2D eigenvalue weighted by atomic mass is 9.98. The molecule has 0 saturated heterocycles. The van der Waals surface area contributed by atoms with Gasteiger partial charge in [-0.05, 0) is 41.3 Å². The standard InChI is InChI=1S/C26H23FN2O5/c1-15(13-23(30)29-24-20(25(31)32)11-6-12-22(24)27)28-26(33)34-14-21-18-9-4-2-7-16(18)17-8-3-5-10-19(17)21/h2-12,15,21H,13-14H2,1H3,(H,28,33)(H,29,30)(H,31,32). The molecule has 1 unspecified atom stereocenters. The van der Waals surface area contributed by atoms with Crippen molar-refractivity contribution in [1.82, 2.24) is 5.32 Å². The lowest BCUT2D eigenvalue weighted by Crippen LogP contribution is -2.36. The van der Waals surface area contributed by atoms with Crippen LogP contribution in [0.5, 0.6) is 0 Å². The molecule has 4 rings (SSSR count). The molecule has 174 valence electrons. The minimum atomic E-state index is -1.36. The number of rotatable bonds is 7. The van der Waals surface area contributed by atoms with Crippen LogP contribution in [-0.4, -0.2) is 35.7 Å². The van der Waals surface area contributed by atoms with Gasteiger partial charge in [-0.3, -0.25) is 4.79 Å². The highest BCUT2D eigenvalue weighted by Gasteiger charge is 2.29. The normalized spacial score (nSPS) is 12.9. The van der Waals surface area contributed by atoms with E-state index in [0.717, 1.165) is 28.3 Å². The average molecular weight is 462 g/mol. The molecule has 8 heteroatoms. The number of carbonyl (C=O) groups excluding carboxylic acids is 2. The van der Waals surface area contributed by atoms with E-state index < -0.39 is 35.5 Å². The summed E-state index contributed by atoms with van der Waals surface area (Å²) in [5, 5.41) is 14.0. The zero-order valence-electron chi connectivity index (χ0n) is 18.4. The summed E-state index contributed by atoms with van der Waals surface area (Å²) in [7, 11) is 0. The van der Waals surface area contributed by atoms with Gasteiger partial charge in [0.05, 0.1) is 11.3 Å². The summed E-state index contributed by atoms with van der Waals surface area (Å²) in [5.41, 5.74) is 3.64. The lowest BCUT2D eigenvalue weighted by molar-refractivity contribution is -0.116. The van der Waals surface area contributed by atoms with E-state index in [1.165, 1.54) is 12.1 Å². The van der Waals surface area contributed by atoms with Gasteiger partial charge < -0.3 is 20.5 Å². The highest BCUT2D eigenvalue weighted by Crippen LogP contribution is 2.44. The molecule has 3 N–H and O–H groups in total. The quantitative estimate of drug-likeness (QED) is 0.469. The largest absolute Gasteiger partial charge is 0.478 e. The molecule has 3 aromatic carbocycles. The zero-order valence-corrected chi connectivity index (χ0v) is 18.4. The van der Waals surface area contributed by atoms with Gasteiger partial charge in [0.25, 0.3) is 0 Å². The summed E-state index contributed by atoms with van der Waals surface area (Å²) in [6.07, 6.45) is -0.878. The summed E-state index contributed by atoms with van der Waals surface area (Å²) in [6, 6.07) is 18.8. The van der Waals surface area contributed by atoms with Gasteiger partial charge in [-0.25, -0.2) is 14.0 Å². The van der Waals surface area contributed by atoms with E-state index in [4.69, 9.17) is 4.74 Å². The van der Waals surface area contributed by atoms with Crippen LogP contribution in [0.2, 0.25) is 0 Å². The number of carboxylic acid groups (broad SMARTS) is 1. The molecule has 3 aromatic rings. The Morgan fingerprint density at radius 1 is 0.971 bits per heavy atom. The van der Waals surface area contributed by atoms with Gasteiger partial charge in [0.15, 0.2) is 0 Å². The van der Waals surface area contributed by atoms with Gasteiger partial charge in [-0.15, -0.1) is 0 Å². The first kappa shape index (κ1) is 23.0. The van der Waals surface area contributed by atoms with Gasteiger partial charge in [0, 0.05) is 18.4 Å². The minimum Gasteiger partial charge on any atom is -0.478 e. The summed E-state index contributed by atoms with van der Waals surface area (Å²) < 4.78 is 19.5. The van der Waals surface area contributed by atoms with Crippen LogP contribution in [-0.2, 0) is 9.53 Å². The maximum atomic E-state index is 14.0. The Morgan fingerprint density at radius 3 is 2.21 bits per heavy atom. The fourth-order valence-electron chi connectivity index (χ4n) is 4.19. The molecule has 2 amide bonds. The second-order valence-electron chi connectivity index (χ2n) is 8.09. The second kappa shape index (κ2) is 9.74. The molecule has 0 heterocycles. The number of alkyl carbamates (subject to hydrolysis) is 1. The van der Waals surface area contributed by atoms with Crippen LogP contribution in [0.4, 0.5) is 14.9 Å². The second-order valence-corrected chi connectivity index (χ2v) is 8.09. The van der Waals surface area contributed by atoms with E-state index in [0.29, 0.717) is 0 Å². The predicted octanol–water partition coefficient (Wildman–Crippen LogP) is 4.78. The molecule has 0 saturated carbocycles. The number of carbonyl (C=O) groups is 3. The molecule has 0 aromatic heterocycles. The smallest absolute Gasteiger partial charge is 0.407 e. The minimum absolute atomic E-state index is 0.0905. The number of fused-ring (bicyclic) bond motifs is 3. The van der Waals surface area contributed by atoms with Crippen molar-refractivity contribution in [3.63, 3.8) is 0 Å². The molecule has 1 atom stereocenters. The Hall–Kier alpha value is -4.20. The van der Waals surface area contributed by atoms with Gasteiger partial charge >= 0.3 is 12.1 Å². The zero-order chi connectivity index (χ0) is 24.2. The number of anilines is 1. The van der Waals surface area contributed by atoms with E-state index in [2.05, 4.69) is 10.6 Å². The summed E-state index contributed by atoms with van der Waals surface area (Å²) in [4.78, 5) is 35.9. The summed E-state index contributed by atoms with van der Waals surface area (Å²) in [6.45, 7) is 1.73. The monoisotopic (exact) mass is 462 g/mol. The fraction of sp³-hybridized carbons (Fsp3) is 0.192. The molecule has 0 fully saturated rings. The van der Waals surface area contributed by atoms with E-state index >= 15 is 0 Å². The molecule has 0 radical (unpaired) electrons. The number of para-hydroxylation sites is 1. The van der Waals surface area contributed by atoms with E-state index in [9.17, 15) is 23.9 Å². The van der Waals surface area contributed by atoms with Crippen LogP contribution in [0, 0.1) is 5.82 Å². The molecule has 1 aliphatic rings. The molecule has 0 spiro atoms. The Balaban J connectivity index is 1.33. The molecule has 0 bridgehead atoms. The Labute approximate surface area is 195 Å². The summed E-state index contributed by atoms with van der Waals surface area (Å²) >= 11 is 0. The molecule has 1 aliphatic carbocycles. The maximum Gasteiger partial charge on any atom is 0.407 e. The number of hydrogen-bond donors (Lipinski definition) is 3. The number of nitrogens with one attached hydrogen (secondary N) is 2. The first-order valence-electron chi connectivity index (χ1n) is 10.8. The van der Waals surface area contributed by atoms with Crippen LogP contribution in [0.1, 0.15) is 40.7 Å². The highest BCUT2D eigenvalue weighted by molar-refractivity contribution is 6.00. The van der Waals surface area contributed by atoms with E-state index in [-0.39, 0.29) is 24.5 Å². The van der Waals surface area contributed by atoms with Gasteiger partial charge in [0.2, 0.25) is 5.91 Å². The number of aromatic carboxylic acids is 1. The van der Waals surface area contributed by atoms with Crippen molar-refractivity contribution in [2.45, 2.75) is 25.3 Å².